The van der Waals surface area contributed by atoms with E-state index in [0.29, 0.717) is 19.6 Å². The van der Waals surface area contributed by atoms with E-state index in [1.54, 1.807) is 0 Å². The van der Waals surface area contributed by atoms with Crippen LogP contribution in [-0.4, -0.2) is 47.3 Å². The Morgan fingerprint density at radius 1 is 1.10 bits per heavy atom. The van der Waals surface area contributed by atoms with Gasteiger partial charge in [-0.2, -0.15) is 0 Å². The van der Waals surface area contributed by atoms with Gasteiger partial charge in [0.15, 0.2) is 0 Å². The second-order valence-corrected chi connectivity index (χ2v) is 8.00. The van der Waals surface area contributed by atoms with Crippen molar-refractivity contribution >= 4 is 0 Å². The number of rotatable bonds is 1. The van der Waals surface area contributed by atoms with Gasteiger partial charge < -0.3 is 19.3 Å². The summed E-state index contributed by atoms with van der Waals surface area (Å²) in [5.41, 5.74) is -1.73. The molecule has 0 amide bonds. The van der Waals surface area contributed by atoms with Crippen LogP contribution in [0.25, 0.3) is 0 Å². The van der Waals surface area contributed by atoms with Crippen molar-refractivity contribution < 1.29 is 19.3 Å². The van der Waals surface area contributed by atoms with Crippen LogP contribution >= 0.6 is 0 Å². The number of hydrogen-bond donors (Lipinski definition) is 1. The highest BCUT2D eigenvalue weighted by Gasteiger charge is 2.61. The van der Waals surface area contributed by atoms with Crippen molar-refractivity contribution in [3.63, 3.8) is 0 Å². The van der Waals surface area contributed by atoms with E-state index in [1.807, 2.05) is 13.8 Å². The quantitative estimate of drug-likeness (QED) is 0.802. The minimum Gasteiger partial charge on any atom is -0.386 e. The summed E-state index contributed by atoms with van der Waals surface area (Å²) in [7, 11) is 0. The SMILES string of the molecule is CC1(C)CC(O)(C2CCOC3(CCOC3)C2)C(C)(C)O1. The molecule has 3 aliphatic heterocycles. The zero-order valence-electron chi connectivity index (χ0n) is 13.2. The predicted octanol–water partition coefficient (Wildman–Crippen LogP) is 2.28. The molecule has 20 heavy (non-hydrogen) atoms. The van der Waals surface area contributed by atoms with Crippen LogP contribution in [0.5, 0.6) is 0 Å². The first kappa shape index (κ1) is 14.8. The molecule has 0 aliphatic carbocycles. The third kappa shape index (κ3) is 2.21. The summed E-state index contributed by atoms with van der Waals surface area (Å²) >= 11 is 0. The fourth-order valence-electron chi connectivity index (χ4n) is 4.61. The largest absolute Gasteiger partial charge is 0.386 e. The summed E-state index contributed by atoms with van der Waals surface area (Å²) in [5.74, 6) is 0.217. The Kier molecular flexibility index (Phi) is 3.26. The summed E-state index contributed by atoms with van der Waals surface area (Å²) in [5, 5.41) is 11.4. The van der Waals surface area contributed by atoms with Crippen LogP contribution in [0.2, 0.25) is 0 Å². The number of aliphatic hydroxyl groups is 1. The molecule has 3 heterocycles. The smallest absolute Gasteiger partial charge is 0.0987 e. The maximum absolute atomic E-state index is 11.4. The molecule has 1 N–H and O–H groups in total. The molecule has 3 aliphatic rings. The van der Waals surface area contributed by atoms with Crippen molar-refractivity contribution in [3.8, 4) is 0 Å². The van der Waals surface area contributed by atoms with E-state index < -0.39 is 11.2 Å². The van der Waals surface area contributed by atoms with Crippen molar-refractivity contribution in [1.29, 1.82) is 0 Å². The molecule has 1 spiro atoms. The third-order valence-corrected chi connectivity index (χ3v) is 5.50. The van der Waals surface area contributed by atoms with E-state index >= 15 is 0 Å². The normalized spacial score (nSPS) is 47.0. The van der Waals surface area contributed by atoms with Gasteiger partial charge in [-0.25, -0.2) is 0 Å². The molecule has 3 rings (SSSR count). The average molecular weight is 284 g/mol. The first-order valence-corrected chi connectivity index (χ1v) is 7.82. The lowest BCUT2D eigenvalue weighted by Crippen LogP contribution is -2.56. The van der Waals surface area contributed by atoms with Crippen LogP contribution in [0.15, 0.2) is 0 Å². The fraction of sp³-hybridized carbons (Fsp3) is 1.00. The van der Waals surface area contributed by atoms with Gasteiger partial charge in [-0.3, -0.25) is 0 Å². The van der Waals surface area contributed by atoms with Gasteiger partial charge in [0.25, 0.3) is 0 Å². The van der Waals surface area contributed by atoms with Crippen molar-refractivity contribution in [2.45, 2.75) is 75.8 Å². The molecular weight excluding hydrogens is 256 g/mol. The number of ether oxygens (including phenoxy) is 3. The van der Waals surface area contributed by atoms with E-state index in [9.17, 15) is 5.11 Å². The Morgan fingerprint density at radius 3 is 2.40 bits per heavy atom. The second kappa shape index (κ2) is 4.42. The molecule has 0 aromatic rings. The van der Waals surface area contributed by atoms with Crippen LogP contribution in [0.4, 0.5) is 0 Å². The van der Waals surface area contributed by atoms with Gasteiger partial charge in [0.05, 0.1) is 29.0 Å². The summed E-state index contributed by atoms with van der Waals surface area (Å²) in [4.78, 5) is 0. The topological polar surface area (TPSA) is 47.9 Å². The molecule has 3 fully saturated rings. The first-order valence-electron chi connectivity index (χ1n) is 7.82. The van der Waals surface area contributed by atoms with Crippen LogP contribution in [-0.2, 0) is 14.2 Å². The average Bonchev–Trinajstić information content (AvgIpc) is 2.81. The third-order valence-electron chi connectivity index (χ3n) is 5.50. The van der Waals surface area contributed by atoms with E-state index in [-0.39, 0.29) is 17.1 Å². The maximum atomic E-state index is 11.4. The van der Waals surface area contributed by atoms with Crippen LogP contribution < -0.4 is 0 Å². The summed E-state index contributed by atoms with van der Waals surface area (Å²) < 4.78 is 17.7. The predicted molar refractivity (Wildman–Crippen MR) is 75.7 cm³/mol. The lowest BCUT2D eigenvalue weighted by atomic mass is 9.67. The first-order chi connectivity index (χ1) is 9.18. The molecule has 3 saturated heterocycles. The monoisotopic (exact) mass is 284 g/mol. The Labute approximate surface area is 121 Å². The summed E-state index contributed by atoms with van der Waals surface area (Å²) in [6, 6.07) is 0. The van der Waals surface area contributed by atoms with E-state index in [1.165, 1.54) is 0 Å². The van der Waals surface area contributed by atoms with Crippen LogP contribution in [0.3, 0.4) is 0 Å². The lowest BCUT2D eigenvalue weighted by molar-refractivity contribution is -0.185. The highest BCUT2D eigenvalue weighted by Crippen LogP contribution is 2.53. The summed E-state index contributed by atoms with van der Waals surface area (Å²) in [6.45, 7) is 10.3. The van der Waals surface area contributed by atoms with Gasteiger partial charge in [-0.15, -0.1) is 0 Å². The van der Waals surface area contributed by atoms with Gasteiger partial charge in [0.2, 0.25) is 0 Å². The molecular formula is C16H28O4. The molecule has 0 bridgehead atoms. The van der Waals surface area contributed by atoms with Gasteiger partial charge in [0, 0.05) is 26.1 Å². The van der Waals surface area contributed by atoms with Crippen molar-refractivity contribution in [2.24, 2.45) is 5.92 Å². The van der Waals surface area contributed by atoms with Gasteiger partial charge in [-0.1, -0.05) is 0 Å². The van der Waals surface area contributed by atoms with Crippen molar-refractivity contribution in [2.75, 3.05) is 19.8 Å². The Bertz CT molecular complexity index is 384. The maximum Gasteiger partial charge on any atom is 0.0987 e. The Balaban J connectivity index is 1.84. The molecule has 0 radical (unpaired) electrons. The van der Waals surface area contributed by atoms with Gasteiger partial charge in [0.1, 0.15) is 0 Å². The summed E-state index contributed by atoms with van der Waals surface area (Å²) in [6.07, 6.45) is 3.42. The molecule has 4 heteroatoms. The second-order valence-electron chi connectivity index (χ2n) is 8.00. The van der Waals surface area contributed by atoms with Crippen LogP contribution in [0, 0.1) is 5.92 Å². The minimum atomic E-state index is -0.782. The zero-order chi connectivity index (χ0) is 14.6. The van der Waals surface area contributed by atoms with Gasteiger partial charge in [-0.05, 0) is 46.5 Å². The lowest BCUT2D eigenvalue weighted by Gasteiger charge is -2.47. The fourth-order valence-corrected chi connectivity index (χ4v) is 4.61. The van der Waals surface area contributed by atoms with E-state index in [4.69, 9.17) is 14.2 Å². The molecule has 116 valence electrons. The number of hydrogen-bond acceptors (Lipinski definition) is 4. The molecule has 3 unspecified atom stereocenters. The minimum absolute atomic E-state index is 0.165. The van der Waals surface area contributed by atoms with E-state index in [0.717, 1.165) is 25.9 Å². The Hall–Kier alpha value is -0.160. The standard InChI is InChI=1S/C16H28O4/c1-13(2)10-16(17,14(3,4)20-13)12-5-7-19-15(9-12)6-8-18-11-15/h12,17H,5-11H2,1-4H3. The van der Waals surface area contributed by atoms with Crippen LogP contribution in [0.1, 0.15) is 53.4 Å². The molecule has 0 aromatic carbocycles. The van der Waals surface area contributed by atoms with E-state index in [2.05, 4.69) is 13.8 Å². The zero-order valence-corrected chi connectivity index (χ0v) is 13.2. The highest BCUT2D eigenvalue weighted by atomic mass is 16.6. The molecule has 3 atom stereocenters. The molecule has 4 nitrogen and oxygen atoms in total. The molecule has 0 aromatic heterocycles. The molecule has 0 saturated carbocycles. The Morgan fingerprint density at radius 2 is 1.85 bits per heavy atom. The van der Waals surface area contributed by atoms with Gasteiger partial charge >= 0.3 is 0 Å². The van der Waals surface area contributed by atoms with Crippen molar-refractivity contribution in [3.05, 3.63) is 0 Å². The van der Waals surface area contributed by atoms with Crippen molar-refractivity contribution in [1.82, 2.24) is 0 Å². The highest BCUT2D eigenvalue weighted by molar-refractivity contribution is 5.11.